The Morgan fingerprint density at radius 1 is 1.47 bits per heavy atom. The number of alkyl halides is 2. The first-order chi connectivity index (χ1) is 7.08. The van der Waals surface area contributed by atoms with E-state index in [2.05, 4.69) is 4.98 Å². The van der Waals surface area contributed by atoms with E-state index in [-0.39, 0.29) is 5.58 Å². The molecule has 7 heteroatoms. The van der Waals surface area contributed by atoms with Crippen molar-refractivity contribution < 1.29 is 17.4 Å². The van der Waals surface area contributed by atoms with E-state index >= 15 is 0 Å². The van der Waals surface area contributed by atoms with Crippen LogP contribution in [0.4, 0.5) is 14.5 Å². The highest BCUT2D eigenvalue weighted by atomic mass is 32.2. The summed E-state index contributed by atoms with van der Waals surface area (Å²) in [5.74, 6) is -3.00. The molecule has 2 N–H and O–H groups in total. The molecular formula is C8H6F2N2O2S. The zero-order valence-electron chi connectivity index (χ0n) is 7.31. The molecule has 0 spiro atoms. The number of halogens is 2. The molecule has 0 fully saturated rings. The zero-order chi connectivity index (χ0) is 11.0. The fraction of sp³-hybridized carbons (Fsp3) is 0.125. The summed E-state index contributed by atoms with van der Waals surface area (Å²) in [6, 6.07) is 4.51. The van der Waals surface area contributed by atoms with Gasteiger partial charge in [0.1, 0.15) is 5.52 Å². The Bertz CT molecular complexity index is 526. The van der Waals surface area contributed by atoms with Crippen LogP contribution in [0.5, 0.6) is 0 Å². The highest BCUT2D eigenvalue weighted by Gasteiger charge is 2.21. The molecule has 0 amide bonds. The molecule has 0 saturated heterocycles. The van der Waals surface area contributed by atoms with Crippen LogP contribution in [0.2, 0.25) is 0 Å². The smallest absolute Gasteiger partial charge is 0.320 e. The van der Waals surface area contributed by atoms with Crippen molar-refractivity contribution in [2.24, 2.45) is 0 Å². The molecule has 80 valence electrons. The van der Waals surface area contributed by atoms with Crippen molar-refractivity contribution in [1.29, 1.82) is 0 Å². The van der Waals surface area contributed by atoms with Crippen LogP contribution in [-0.2, 0) is 10.8 Å². The second kappa shape index (κ2) is 3.58. The molecular weight excluding hydrogens is 226 g/mol. The summed E-state index contributed by atoms with van der Waals surface area (Å²) in [6.07, 6.45) is 0. The zero-order valence-corrected chi connectivity index (χ0v) is 8.13. The Morgan fingerprint density at radius 3 is 2.87 bits per heavy atom. The van der Waals surface area contributed by atoms with Crippen LogP contribution in [0.3, 0.4) is 0 Å². The van der Waals surface area contributed by atoms with Gasteiger partial charge in [-0.1, -0.05) is 0 Å². The van der Waals surface area contributed by atoms with Crippen molar-refractivity contribution in [1.82, 2.24) is 4.98 Å². The average Bonchev–Trinajstić information content (AvgIpc) is 2.58. The van der Waals surface area contributed by atoms with Crippen molar-refractivity contribution in [2.45, 2.75) is 11.0 Å². The molecule has 2 aromatic rings. The number of aromatic nitrogens is 1. The van der Waals surface area contributed by atoms with Gasteiger partial charge in [0.25, 0.3) is 5.22 Å². The lowest BCUT2D eigenvalue weighted by Crippen LogP contribution is -2.02. The molecule has 1 aromatic heterocycles. The van der Waals surface area contributed by atoms with Crippen LogP contribution in [0.15, 0.2) is 27.8 Å². The third kappa shape index (κ3) is 1.82. The normalized spacial score (nSPS) is 13.5. The summed E-state index contributed by atoms with van der Waals surface area (Å²) >= 11 is 0. The number of rotatable bonds is 2. The van der Waals surface area contributed by atoms with Gasteiger partial charge in [0.2, 0.25) is 0 Å². The maximum Gasteiger partial charge on any atom is 0.320 e. The third-order valence-electron chi connectivity index (χ3n) is 1.73. The standard InChI is InChI=1S/C8H6F2N2O2S/c9-7(10)15(13)8-12-5-2-1-4(11)3-6(5)14-8/h1-3,7H,11H2. The van der Waals surface area contributed by atoms with Crippen molar-refractivity contribution in [2.75, 3.05) is 5.73 Å². The number of hydrogen-bond donors (Lipinski definition) is 1. The lowest BCUT2D eigenvalue weighted by atomic mass is 10.3. The molecule has 1 unspecified atom stereocenters. The van der Waals surface area contributed by atoms with Crippen LogP contribution >= 0.6 is 0 Å². The van der Waals surface area contributed by atoms with Gasteiger partial charge in [0.05, 0.1) is 0 Å². The molecule has 4 nitrogen and oxygen atoms in total. The largest absolute Gasteiger partial charge is 0.429 e. The predicted molar refractivity (Wildman–Crippen MR) is 50.8 cm³/mol. The molecule has 2 rings (SSSR count). The minimum Gasteiger partial charge on any atom is -0.429 e. The van der Waals surface area contributed by atoms with Gasteiger partial charge >= 0.3 is 5.76 Å². The summed E-state index contributed by atoms with van der Waals surface area (Å²) in [7, 11) is -2.53. The molecule has 0 bridgehead atoms. The number of nitrogen functional groups attached to an aromatic ring is 1. The Morgan fingerprint density at radius 2 is 2.20 bits per heavy atom. The Balaban J connectivity index is 2.52. The van der Waals surface area contributed by atoms with Gasteiger partial charge in [-0.15, -0.1) is 0 Å². The van der Waals surface area contributed by atoms with Gasteiger partial charge in [-0.3, -0.25) is 0 Å². The fourth-order valence-electron chi connectivity index (χ4n) is 1.08. The number of anilines is 1. The van der Waals surface area contributed by atoms with Gasteiger partial charge in [-0.05, 0) is 12.1 Å². The van der Waals surface area contributed by atoms with E-state index in [0.717, 1.165) is 0 Å². The molecule has 0 aliphatic carbocycles. The van der Waals surface area contributed by atoms with Gasteiger partial charge in [-0.25, -0.2) is 9.19 Å². The topological polar surface area (TPSA) is 69.1 Å². The first-order valence-corrected chi connectivity index (χ1v) is 5.14. The van der Waals surface area contributed by atoms with Crippen LogP contribution in [0, 0.1) is 0 Å². The Labute approximate surface area is 85.5 Å². The van der Waals surface area contributed by atoms with Crippen molar-refractivity contribution in [3.8, 4) is 0 Å². The predicted octanol–water partition coefficient (Wildman–Crippen LogP) is 1.74. The lowest BCUT2D eigenvalue weighted by molar-refractivity contribution is 0.240. The summed E-state index contributed by atoms with van der Waals surface area (Å²) in [5.41, 5.74) is 6.49. The maximum absolute atomic E-state index is 12.1. The summed E-state index contributed by atoms with van der Waals surface area (Å²) < 4.78 is 40.1. The maximum atomic E-state index is 12.1. The highest BCUT2D eigenvalue weighted by molar-refractivity contribution is 7.85. The van der Waals surface area contributed by atoms with Gasteiger partial charge < -0.3 is 10.2 Å². The van der Waals surface area contributed by atoms with Crippen molar-refractivity contribution in [3.05, 3.63) is 18.2 Å². The number of fused-ring (bicyclic) bond motifs is 1. The second-order valence-corrected chi connectivity index (χ2v) is 4.07. The van der Waals surface area contributed by atoms with E-state index in [4.69, 9.17) is 10.2 Å². The van der Waals surface area contributed by atoms with Crippen LogP contribution < -0.4 is 5.73 Å². The molecule has 0 aliphatic rings. The van der Waals surface area contributed by atoms with Crippen molar-refractivity contribution >= 4 is 27.6 Å². The SMILES string of the molecule is Nc1ccc2nc(S(=O)C(F)F)oc2c1. The number of oxazole rings is 1. The lowest BCUT2D eigenvalue weighted by Gasteiger charge is -1.91. The Kier molecular flexibility index (Phi) is 2.39. The van der Waals surface area contributed by atoms with Gasteiger partial charge in [0, 0.05) is 11.8 Å². The monoisotopic (exact) mass is 232 g/mol. The summed E-state index contributed by atoms with van der Waals surface area (Å²) in [4.78, 5) is 3.67. The summed E-state index contributed by atoms with van der Waals surface area (Å²) in [5, 5.41) is -0.481. The number of nitrogens with two attached hydrogens (primary N) is 1. The quantitative estimate of drug-likeness (QED) is 0.801. The first-order valence-electron chi connectivity index (χ1n) is 3.93. The molecule has 15 heavy (non-hydrogen) atoms. The van der Waals surface area contributed by atoms with E-state index in [9.17, 15) is 13.0 Å². The van der Waals surface area contributed by atoms with E-state index in [1.807, 2.05) is 0 Å². The molecule has 1 heterocycles. The van der Waals surface area contributed by atoms with Crippen LogP contribution in [0.25, 0.3) is 11.1 Å². The molecule has 1 aromatic carbocycles. The highest BCUT2D eigenvalue weighted by Crippen LogP contribution is 2.22. The molecule has 0 aliphatic heterocycles. The fourth-order valence-corrected chi connectivity index (χ4v) is 1.59. The van der Waals surface area contributed by atoms with E-state index in [1.54, 1.807) is 6.07 Å². The average molecular weight is 232 g/mol. The van der Waals surface area contributed by atoms with E-state index in [1.165, 1.54) is 12.1 Å². The van der Waals surface area contributed by atoms with Crippen LogP contribution in [0.1, 0.15) is 0 Å². The second-order valence-electron chi connectivity index (χ2n) is 2.76. The first kappa shape index (κ1) is 10.0. The molecule has 1 atom stereocenters. The minimum atomic E-state index is -3.00. The number of hydrogen-bond acceptors (Lipinski definition) is 4. The molecule has 0 radical (unpaired) electrons. The van der Waals surface area contributed by atoms with E-state index in [0.29, 0.717) is 11.2 Å². The van der Waals surface area contributed by atoms with Crippen LogP contribution in [-0.4, -0.2) is 15.0 Å². The molecule has 0 saturated carbocycles. The Hall–Kier alpha value is -1.50. The summed E-state index contributed by atoms with van der Waals surface area (Å²) in [6.45, 7) is 0. The van der Waals surface area contributed by atoms with Crippen molar-refractivity contribution in [3.63, 3.8) is 0 Å². The third-order valence-corrected chi connectivity index (χ3v) is 2.57. The van der Waals surface area contributed by atoms with E-state index < -0.39 is 21.8 Å². The van der Waals surface area contributed by atoms with Gasteiger partial charge in [-0.2, -0.15) is 8.78 Å². The minimum absolute atomic E-state index is 0.249. The van der Waals surface area contributed by atoms with Gasteiger partial charge in [0.15, 0.2) is 16.4 Å². The number of benzene rings is 1. The number of nitrogens with zero attached hydrogens (tertiary/aromatic N) is 1.